The number of carbonyl (C=O) groups excluding carboxylic acids is 1. The fourth-order valence-electron chi connectivity index (χ4n) is 2.69. The molecule has 122 valence electrons. The maximum Gasteiger partial charge on any atom is 0.160 e. The summed E-state index contributed by atoms with van der Waals surface area (Å²) in [7, 11) is 0. The van der Waals surface area contributed by atoms with Crippen molar-refractivity contribution in [2.45, 2.75) is 26.0 Å². The van der Waals surface area contributed by atoms with Gasteiger partial charge in [0.1, 0.15) is 5.78 Å². The number of hydrogen-bond acceptors (Lipinski definition) is 5. The molecule has 2 heterocycles. The Morgan fingerprint density at radius 3 is 2.61 bits per heavy atom. The van der Waals surface area contributed by atoms with Crippen molar-refractivity contribution in [1.82, 2.24) is 20.6 Å². The third-order valence-electron chi connectivity index (χ3n) is 4.06. The van der Waals surface area contributed by atoms with Gasteiger partial charge in [-0.1, -0.05) is 23.7 Å². The van der Waals surface area contributed by atoms with Gasteiger partial charge < -0.3 is 5.11 Å². The Hall–Kier alpha value is -1.73. The summed E-state index contributed by atoms with van der Waals surface area (Å²) < 4.78 is 0. The SMILES string of the molecule is Cc1c(-c2ccc(Cl)cc2)n[nH]c1C(O)NN1CCC(=O)CC1. The van der Waals surface area contributed by atoms with Gasteiger partial charge in [0.05, 0.1) is 11.4 Å². The highest BCUT2D eigenvalue weighted by Crippen LogP contribution is 2.26. The van der Waals surface area contributed by atoms with Gasteiger partial charge in [-0.05, 0) is 19.1 Å². The summed E-state index contributed by atoms with van der Waals surface area (Å²) in [5.41, 5.74) is 6.23. The zero-order valence-electron chi connectivity index (χ0n) is 12.8. The second kappa shape index (κ2) is 6.80. The third-order valence-corrected chi connectivity index (χ3v) is 4.32. The van der Waals surface area contributed by atoms with Gasteiger partial charge in [0, 0.05) is 42.1 Å². The second-order valence-corrected chi connectivity index (χ2v) is 6.11. The molecule has 0 aliphatic carbocycles. The Morgan fingerprint density at radius 1 is 1.30 bits per heavy atom. The normalized spacial score (nSPS) is 17.4. The predicted molar refractivity (Wildman–Crippen MR) is 87.7 cm³/mol. The lowest BCUT2D eigenvalue weighted by Gasteiger charge is -2.28. The average Bonchev–Trinajstić information content (AvgIpc) is 2.92. The molecule has 0 amide bonds. The largest absolute Gasteiger partial charge is 0.371 e. The molecule has 0 bridgehead atoms. The molecule has 6 nitrogen and oxygen atoms in total. The summed E-state index contributed by atoms with van der Waals surface area (Å²) in [4.78, 5) is 11.3. The van der Waals surface area contributed by atoms with Gasteiger partial charge in [-0.15, -0.1) is 0 Å². The van der Waals surface area contributed by atoms with Crippen LogP contribution >= 0.6 is 11.6 Å². The van der Waals surface area contributed by atoms with E-state index in [4.69, 9.17) is 11.6 Å². The van der Waals surface area contributed by atoms with E-state index in [2.05, 4.69) is 15.6 Å². The maximum atomic E-state index is 11.3. The Labute approximate surface area is 139 Å². The zero-order valence-corrected chi connectivity index (χ0v) is 13.6. The number of aliphatic hydroxyl groups is 1. The Morgan fingerprint density at radius 2 is 1.96 bits per heavy atom. The second-order valence-electron chi connectivity index (χ2n) is 5.68. The smallest absolute Gasteiger partial charge is 0.160 e. The summed E-state index contributed by atoms with van der Waals surface area (Å²) in [5, 5.41) is 20.1. The van der Waals surface area contributed by atoms with Crippen LogP contribution in [-0.2, 0) is 4.79 Å². The van der Waals surface area contributed by atoms with Crippen molar-refractivity contribution in [3.05, 3.63) is 40.5 Å². The van der Waals surface area contributed by atoms with Crippen molar-refractivity contribution >= 4 is 17.4 Å². The highest BCUT2D eigenvalue weighted by atomic mass is 35.5. The molecule has 0 spiro atoms. The molecule has 7 heteroatoms. The van der Waals surface area contributed by atoms with Crippen LogP contribution in [0.4, 0.5) is 0 Å². The molecule has 0 saturated carbocycles. The van der Waals surface area contributed by atoms with Crippen LogP contribution in [0.2, 0.25) is 5.02 Å². The summed E-state index contributed by atoms with van der Waals surface area (Å²) in [6, 6.07) is 7.41. The highest BCUT2D eigenvalue weighted by Gasteiger charge is 2.22. The van der Waals surface area contributed by atoms with Gasteiger partial charge in [0.2, 0.25) is 0 Å². The number of aromatic nitrogens is 2. The summed E-state index contributed by atoms with van der Waals surface area (Å²) in [6.07, 6.45) is 0.131. The summed E-state index contributed by atoms with van der Waals surface area (Å²) in [6.45, 7) is 3.12. The number of ketones is 1. The molecule has 0 radical (unpaired) electrons. The first-order chi connectivity index (χ1) is 11.0. The molecular formula is C16H19ClN4O2. The van der Waals surface area contributed by atoms with E-state index in [9.17, 15) is 9.90 Å². The van der Waals surface area contributed by atoms with E-state index in [1.165, 1.54) is 0 Å². The predicted octanol–water partition coefficient (Wildman–Crippen LogP) is 2.20. The molecule has 23 heavy (non-hydrogen) atoms. The molecule has 3 N–H and O–H groups in total. The fraction of sp³-hybridized carbons (Fsp3) is 0.375. The number of nitrogens with one attached hydrogen (secondary N) is 2. The molecule has 1 aliphatic rings. The molecule has 1 aliphatic heterocycles. The van der Waals surface area contributed by atoms with Crippen LogP contribution in [0.5, 0.6) is 0 Å². The van der Waals surface area contributed by atoms with Gasteiger partial charge >= 0.3 is 0 Å². The van der Waals surface area contributed by atoms with Crippen molar-refractivity contribution in [3.8, 4) is 11.3 Å². The van der Waals surface area contributed by atoms with Crippen LogP contribution in [0.3, 0.4) is 0 Å². The number of carbonyl (C=O) groups is 1. The lowest BCUT2D eigenvalue weighted by molar-refractivity contribution is -0.123. The monoisotopic (exact) mass is 334 g/mol. The minimum atomic E-state index is -0.892. The number of rotatable bonds is 4. The molecule has 1 aromatic carbocycles. The minimum absolute atomic E-state index is 0.264. The number of hydrogen-bond donors (Lipinski definition) is 3. The van der Waals surface area contributed by atoms with Gasteiger partial charge in [0.25, 0.3) is 0 Å². The van der Waals surface area contributed by atoms with Crippen molar-refractivity contribution in [2.24, 2.45) is 0 Å². The number of benzene rings is 1. The van der Waals surface area contributed by atoms with Crippen LogP contribution in [0.15, 0.2) is 24.3 Å². The molecule has 1 unspecified atom stereocenters. The van der Waals surface area contributed by atoms with Crippen molar-refractivity contribution in [2.75, 3.05) is 13.1 Å². The van der Waals surface area contributed by atoms with Crippen molar-refractivity contribution in [3.63, 3.8) is 0 Å². The van der Waals surface area contributed by atoms with Gasteiger partial charge in [-0.3, -0.25) is 9.89 Å². The first kappa shape index (κ1) is 16.1. The molecule has 1 aromatic heterocycles. The molecule has 2 aromatic rings. The fourth-order valence-corrected chi connectivity index (χ4v) is 2.82. The molecule has 3 rings (SSSR count). The van der Waals surface area contributed by atoms with E-state index in [1.807, 2.05) is 36.2 Å². The van der Waals surface area contributed by atoms with Gasteiger partial charge in [-0.2, -0.15) is 5.10 Å². The Bertz CT molecular complexity index is 689. The number of Topliss-reactive ketones (excluding diaryl/α,β-unsaturated/α-hetero) is 1. The van der Waals surface area contributed by atoms with E-state index < -0.39 is 6.23 Å². The van der Waals surface area contributed by atoms with Gasteiger partial charge in [0.15, 0.2) is 6.23 Å². The van der Waals surface area contributed by atoms with Crippen LogP contribution in [-0.4, -0.2) is 39.2 Å². The van der Waals surface area contributed by atoms with Crippen molar-refractivity contribution in [1.29, 1.82) is 0 Å². The van der Waals surface area contributed by atoms with Crippen LogP contribution in [0.1, 0.15) is 30.3 Å². The number of aromatic amines is 1. The topological polar surface area (TPSA) is 81.2 Å². The first-order valence-electron chi connectivity index (χ1n) is 7.56. The molecular weight excluding hydrogens is 316 g/mol. The van der Waals surface area contributed by atoms with Crippen LogP contribution < -0.4 is 5.43 Å². The average molecular weight is 335 g/mol. The van der Waals surface area contributed by atoms with E-state index in [1.54, 1.807) is 0 Å². The number of H-pyrrole nitrogens is 1. The number of aliphatic hydroxyl groups excluding tert-OH is 1. The van der Waals surface area contributed by atoms with Crippen LogP contribution in [0, 0.1) is 6.92 Å². The Kier molecular flexibility index (Phi) is 4.77. The zero-order chi connectivity index (χ0) is 16.4. The minimum Gasteiger partial charge on any atom is -0.371 e. The summed E-state index contributed by atoms with van der Waals surface area (Å²) in [5.74, 6) is 0.264. The van der Waals surface area contributed by atoms with E-state index in [-0.39, 0.29) is 5.78 Å². The highest BCUT2D eigenvalue weighted by molar-refractivity contribution is 6.30. The van der Waals surface area contributed by atoms with E-state index in [0.717, 1.165) is 16.8 Å². The molecule has 1 saturated heterocycles. The quantitative estimate of drug-likeness (QED) is 0.747. The number of nitrogens with zero attached hydrogens (tertiary/aromatic N) is 2. The third kappa shape index (κ3) is 3.61. The number of halogens is 1. The van der Waals surface area contributed by atoms with Crippen LogP contribution in [0.25, 0.3) is 11.3 Å². The van der Waals surface area contributed by atoms with E-state index >= 15 is 0 Å². The maximum absolute atomic E-state index is 11.3. The Balaban J connectivity index is 1.73. The van der Waals surface area contributed by atoms with Gasteiger partial charge in [-0.25, -0.2) is 10.4 Å². The standard InChI is InChI=1S/C16H19ClN4O2/c1-10-14(11-2-4-12(17)5-3-11)18-19-15(10)16(23)20-21-8-6-13(22)7-9-21/h2-5,16,20,23H,6-9H2,1H3,(H,18,19). The lowest BCUT2D eigenvalue weighted by atomic mass is 10.1. The molecule has 1 atom stereocenters. The lowest BCUT2D eigenvalue weighted by Crippen LogP contribution is -2.45. The van der Waals surface area contributed by atoms with Crippen molar-refractivity contribution < 1.29 is 9.90 Å². The number of piperidine rings is 1. The molecule has 1 fully saturated rings. The summed E-state index contributed by atoms with van der Waals surface area (Å²) >= 11 is 5.91. The first-order valence-corrected chi connectivity index (χ1v) is 7.94. The van der Waals surface area contributed by atoms with E-state index in [0.29, 0.717) is 36.6 Å². The number of hydrazine groups is 1.